The van der Waals surface area contributed by atoms with Crippen LogP contribution in [0.2, 0.25) is 0 Å². The van der Waals surface area contributed by atoms with Gasteiger partial charge in [-0.3, -0.25) is 4.79 Å². The van der Waals surface area contributed by atoms with Gasteiger partial charge in [0.25, 0.3) is 0 Å². The van der Waals surface area contributed by atoms with Gasteiger partial charge in [-0.1, -0.05) is 13.8 Å². The molecule has 2 rings (SSSR count). The van der Waals surface area contributed by atoms with Crippen LogP contribution in [0.4, 0.5) is 5.69 Å². The first-order valence-electron chi connectivity index (χ1n) is 6.23. The van der Waals surface area contributed by atoms with E-state index in [0.717, 1.165) is 0 Å². The summed E-state index contributed by atoms with van der Waals surface area (Å²) in [5.74, 6) is 0.132. The second-order valence-electron chi connectivity index (χ2n) is 5.00. The Kier molecular flexibility index (Phi) is 3.71. The molecular formula is C13H18N4O2. The van der Waals surface area contributed by atoms with E-state index in [2.05, 4.69) is 15.3 Å². The summed E-state index contributed by atoms with van der Waals surface area (Å²) in [6.45, 7) is 3.96. The van der Waals surface area contributed by atoms with E-state index in [9.17, 15) is 9.59 Å². The number of carbonyl (C=O) groups excluding carboxylic acids is 1. The molecule has 102 valence electrons. The maximum atomic E-state index is 11.8. The van der Waals surface area contributed by atoms with Crippen molar-refractivity contribution in [2.45, 2.75) is 26.3 Å². The number of carbonyl (C=O) groups is 1. The zero-order chi connectivity index (χ0) is 14.0. The smallest absolute Gasteiger partial charge is 0.323 e. The fourth-order valence-electron chi connectivity index (χ4n) is 1.77. The molecular weight excluding hydrogens is 244 g/mol. The summed E-state index contributed by atoms with van der Waals surface area (Å²) < 4.78 is 0. The van der Waals surface area contributed by atoms with E-state index in [1.165, 1.54) is 0 Å². The number of benzene rings is 1. The van der Waals surface area contributed by atoms with Crippen molar-refractivity contribution in [2.24, 2.45) is 11.7 Å². The molecule has 1 atom stereocenters. The lowest BCUT2D eigenvalue weighted by atomic mass is 10.0. The molecule has 2 aromatic rings. The lowest BCUT2D eigenvalue weighted by molar-refractivity contribution is -0.116. The van der Waals surface area contributed by atoms with Gasteiger partial charge in [0.05, 0.1) is 11.0 Å². The summed E-state index contributed by atoms with van der Waals surface area (Å²) in [7, 11) is 0. The Bertz CT molecular complexity index is 641. The molecule has 0 saturated heterocycles. The summed E-state index contributed by atoms with van der Waals surface area (Å²) in [6, 6.07) is 5.04. The molecule has 1 heterocycles. The highest BCUT2D eigenvalue weighted by Gasteiger charge is 2.13. The van der Waals surface area contributed by atoms with Crippen LogP contribution in [0.1, 0.15) is 20.3 Å². The fourth-order valence-corrected chi connectivity index (χ4v) is 1.77. The van der Waals surface area contributed by atoms with Crippen LogP contribution in [0.3, 0.4) is 0 Å². The number of aromatic nitrogens is 2. The number of imidazole rings is 1. The molecule has 1 unspecified atom stereocenters. The number of H-pyrrole nitrogens is 2. The minimum atomic E-state index is -0.264. The van der Waals surface area contributed by atoms with Gasteiger partial charge in [-0.15, -0.1) is 0 Å². The summed E-state index contributed by atoms with van der Waals surface area (Å²) in [4.78, 5) is 28.2. The van der Waals surface area contributed by atoms with Crippen LogP contribution in [0, 0.1) is 5.92 Å². The van der Waals surface area contributed by atoms with Gasteiger partial charge in [0.2, 0.25) is 5.91 Å². The molecule has 6 nitrogen and oxygen atoms in total. The highest BCUT2D eigenvalue weighted by Crippen LogP contribution is 2.15. The molecule has 0 aliphatic heterocycles. The maximum absolute atomic E-state index is 11.8. The van der Waals surface area contributed by atoms with Crippen LogP contribution in [-0.4, -0.2) is 21.9 Å². The lowest BCUT2D eigenvalue weighted by Crippen LogP contribution is -2.31. The Hall–Kier alpha value is -2.08. The van der Waals surface area contributed by atoms with E-state index in [1.54, 1.807) is 18.2 Å². The van der Waals surface area contributed by atoms with Gasteiger partial charge in [-0.25, -0.2) is 4.79 Å². The monoisotopic (exact) mass is 262 g/mol. The number of hydrogen-bond donors (Lipinski definition) is 4. The first-order valence-corrected chi connectivity index (χ1v) is 6.23. The molecule has 1 amide bonds. The van der Waals surface area contributed by atoms with Crippen molar-refractivity contribution in [1.82, 2.24) is 9.97 Å². The Morgan fingerprint density at radius 2 is 2.00 bits per heavy atom. The summed E-state index contributed by atoms with van der Waals surface area (Å²) in [5, 5.41) is 2.77. The van der Waals surface area contributed by atoms with Gasteiger partial charge < -0.3 is 21.0 Å². The first kappa shape index (κ1) is 13.4. The number of hydrogen-bond acceptors (Lipinski definition) is 3. The number of amides is 1. The van der Waals surface area contributed by atoms with Crippen LogP contribution >= 0.6 is 0 Å². The third-order valence-electron chi connectivity index (χ3n) is 3.08. The molecule has 1 aromatic heterocycles. The molecule has 1 aromatic carbocycles. The van der Waals surface area contributed by atoms with E-state index in [-0.39, 0.29) is 30.0 Å². The molecule has 19 heavy (non-hydrogen) atoms. The molecule has 0 radical (unpaired) electrons. The highest BCUT2D eigenvalue weighted by atomic mass is 16.1. The van der Waals surface area contributed by atoms with Gasteiger partial charge in [-0.2, -0.15) is 0 Å². The zero-order valence-electron chi connectivity index (χ0n) is 11.0. The molecule has 0 bridgehead atoms. The molecule has 5 N–H and O–H groups in total. The second-order valence-corrected chi connectivity index (χ2v) is 5.00. The van der Waals surface area contributed by atoms with Gasteiger partial charge in [0.15, 0.2) is 0 Å². The van der Waals surface area contributed by atoms with E-state index in [1.807, 2.05) is 13.8 Å². The number of rotatable bonds is 4. The Labute approximate surface area is 110 Å². The predicted octanol–water partition coefficient (Wildman–Crippen LogP) is 1.17. The number of fused-ring (bicyclic) bond motifs is 1. The first-order chi connectivity index (χ1) is 8.95. The fraction of sp³-hybridized carbons (Fsp3) is 0.385. The maximum Gasteiger partial charge on any atom is 0.323 e. The average Bonchev–Trinajstić information content (AvgIpc) is 2.68. The van der Waals surface area contributed by atoms with E-state index < -0.39 is 0 Å². The minimum absolute atomic E-state index is 0.126. The summed E-state index contributed by atoms with van der Waals surface area (Å²) >= 11 is 0. The summed E-state index contributed by atoms with van der Waals surface area (Å²) in [6.07, 6.45) is 0.277. The van der Waals surface area contributed by atoms with Crippen molar-refractivity contribution >= 4 is 22.6 Å². The number of nitrogens with one attached hydrogen (secondary N) is 3. The number of nitrogens with two attached hydrogens (primary N) is 1. The van der Waals surface area contributed by atoms with E-state index in [4.69, 9.17) is 5.73 Å². The van der Waals surface area contributed by atoms with Crippen LogP contribution in [0.5, 0.6) is 0 Å². The average molecular weight is 262 g/mol. The van der Waals surface area contributed by atoms with Crippen molar-refractivity contribution in [3.63, 3.8) is 0 Å². The lowest BCUT2D eigenvalue weighted by Gasteiger charge is -2.15. The summed E-state index contributed by atoms with van der Waals surface area (Å²) in [5.41, 5.74) is 7.60. The molecule has 0 spiro atoms. The molecule has 0 aliphatic rings. The normalized spacial score (nSPS) is 12.8. The Balaban J connectivity index is 2.08. The van der Waals surface area contributed by atoms with Crippen LogP contribution in [0.25, 0.3) is 11.0 Å². The highest BCUT2D eigenvalue weighted by molar-refractivity contribution is 5.93. The predicted molar refractivity (Wildman–Crippen MR) is 75.0 cm³/mol. The van der Waals surface area contributed by atoms with E-state index >= 15 is 0 Å². The Morgan fingerprint density at radius 3 is 2.68 bits per heavy atom. The van der Waals surface area contributed by atoms with Crippen LogP contribution in [-0.2, 0) is 4.79 Å². The van der Waals surface area contributed by atoms with Crippen molar-refractivity contribution in [3.8, 4) is 0 Å². The number of aromatic amines is 2. The minimum Gasteiger partial charge on any atom is -0.327 e. The number of anilines is 1. The van der Waals surface area contributed by atoms with Gasteiger partial charge in [0, 0.05) is 18.2 Å². The third-order valence-corrected chi connectivity index (χ3v) is 3.08. The van der Waals surface area contributed by atoms with Crippen molar-refractivity contribution in [3.05, 3.63) is 28.7 Å². The Morgan fingerprint density at radius 1 is 1.32 bits per heavy atom. The largest absolute Gasteiger partial charge is 0.327 e. The zero-order valence-corrected chi connectivity index (χ0v) is 11.0. The molecule has 0 aliphatic carbocycles. The van der Waals surface area contributed by atoms with Gasteiger partial charge >= 0.3 is 5.69 Å². The van der Waals surface area contributed by atoms with Crippen molar-refractivity contribution in [1.29, 1.82) is 0 Å². The van der Waals surface area contributed by atoms with Crippen molar-refractivity contribution in [2.75, 3.05) is 5.32 Å². The van der Waals surface area contributed by atoms with Crippen molar-refractivity contribution < 1.29 is 4.79 Å². The second kappa shape index (κ2) is 5.27. The van der Waals surface area contributed by atoms with Crippen LogP contribution in [0.15, 0.2) is 23.0 Å². The SMILES string of the molecule is CC(C)C(N)CC(=O)Nc1ccc2[nH]c(=O)[nH]c2c1. The standard InChI is InChI=1S/C13H18N4O2/c1-7(2)9(14)6-12(18)15-8-3-4-10-11(5-8)17-13(19)16-10/h3-5,7,9H,6,14H2,1-2H3,(H,15,18)(H2,16,17,19). The molecule has 0 saturated carbocycles. The van der Waals surface area contributed by atoms with Gasteiger partial charge in [0.1, 0.15) is 0 Å². The topological polar surface area (TPSA) is 104 Å². The molecule has 0 fully saturated rings. The third kappa shape index (κ3) is 3.23. The molecule has 6 heteroatoms. The van der Waals surface area contributed by atoms with E-state index in [0.29, 0.717) is 16.7 Å². The van der Waals surface area contributed by atoms with Gasteiger partial charge in [-0.05, 0) is 24.1 Å². The quantitative estimate of drug-likeness (QED) is 0.664. The van der Waals surface area contributed by atoms with Crippen LogP contribution < -0.4 is 16.7 Å².